The Kier molecular flexibility index (Phi) is 4.83. The molecule has 108 valence electrons. The van der Waals surface area contributed by atoms with Gasteiger partial charge in [-0.15, -0.1) is 11.3 Å². The third-order valence-electron chi connectivity index (χ3n) is 2.85. The van der Waals surface area contributed by atoms with Crippen LogP contribution in [0.3, 0.4) is 0 Å². The van der Waals surface area contributed by atoms with Crippen LogP contribution >= 0.6 is 11.3 Å². The molecule has 0 aliphatic heterocycles. The Hall–Kier alpha value is -1.33. The maximum Gasteiger partial charge on any atom is 0.142 e. The van der Waals surface area contributed by atoms with Crippen molar-refractivity contribution in [2.24, 2.45) is 0 Å². The maximum atomic E-state index is 4.76. The molecule has 0 aliphatic carbocycles. The summed E-state index contributed by atoms with van der Waals surface area (Å²) in [6, 6.07) is 1.91. The van der Waals surface area contributed by atoms with Gasteiger partial charge in [0.2, 0.25) is 0 Å². The second-order valence-corrected chi connectivity index (χ2v) is 6.92. The van der Waals surface area contributed by atoms with Gasteiger partial charge in [-0.1, -0.05) is 13.3 Å². The van der Waals surface area contributed by atoms with Crippen molar-refractivity contribution in [2.75, 3.05) is 0 Å². The monoisotopic (exact) mass is 290 g/mol. The number of aryl methyl sites for hydroxylation is 1. The lowest BCUT2D eigenvalue weighted by molar-refractivity contribution is 0.425. The van der Waals surface area contributed by atoms with E-state index in [0.717, 1.165) is 30.1 Å². The van der Waals surface area contributed by atoms with Crippen LogP contribution in [-0.4, -0.2) is 20.5 Å². The first-order valence-electron chi connectivity index (χ1n) is 6.99. The number of aromatic nitrogens is 3. The largest absolute Gasteiger partial charge is 0.307 e. The fourth-order valence-electron chi connectivity index (χ4n) is 1.83. The molecule has 2 aromatic heterocycles. The first kappa shape index (κ1) is 15.1. The zero-order valence-electron chi connectivity index (χ0n) is 12.6. The minimum absolute atomic E-state index is 0.114. The van der Waals surface area contributed by atoms with E-state index in [1.165, 1.54) is 10.6 Å². The third-order valence-corrected chi connectivity index (χ3v) is 3.97. The van der Waals surface area contributed by atoms with Crippen molar-refractivity contribution < 1.29 is 0 Å². The Morgan fingerprint density at radius 3 is 2.70 bits per heavy atom. The Morgan fingerprint density at radius 1 is 1.30 bits per heavy atom. The molecule has 0 saturated carbocycles. The molecule has 0 bridgehead atoms. The number of nitrogens with one attached hydrogen (secondary N) is 1. The molecule has 0 atom stereocenters. The van der Waals surface area contributed by atoms with Gasteiger partial charge in [-0.2, -0.15) is 0 Å². The minimum Gasteiger partial charge on any atom is -0.307 e. The molecule has 0 aromatic carbocycles. The van der Waals surface area contributed by atoms with E-state index in [-0.39, 0.29) is 5.54 Å². The summed E-state index contributed by atoms with van der Waals surface area (Å²) in [6.45, 7) is 9.59. The Labute approximate surface area is 124 Å². The number of nitrogens with zero attached hydrogens (tertiary/aromatic N) is 3. The third kappa shape index (κ3) is 4.08. The predicted molar refractivity (Wildman–Crippen MR) is 83.7 cm³/mol. The molecule has 2 aromatic rings. The van der Waals surface area contributed by atoms with E-state index in [2.05, 4.69) is 43.0 Å². The molecule has 0 fully saturated rings. The van der Waals surface area contributed by atoms with Gasteiger partial charge in [-0.25, -0.2) is 15.0 Å². The van der Waals surface area contributed by atoms with Crippen LogP contribution in [0.25, 0.3) is 10.7 Å². The lowest BCUT2D eigenvalue weighted by atomic mass is 10.1. The van der Waals surface area contributed by atoms with Crippen molar-refractivity contribution >= 4 is 11.3 Å². The highest BCUT2D eigenvalue weighted by molar-refractivity contribution is 7.15. The molecule has 0 saturated heterocycles. The molecule has 2 rings (SSSR count). The van der Waals surface area contributed by atoms with E-state index in [1.807, 2.05) is 6.07 Å². The van der Waals surface area contributed by atoms with Gasteiger partial charge in [0.15, 0.2) is 0 Å². The summed E-state index contributed by atoms with van der Waals surface area (Å²) in [5, 5.41) is 4.53. The molecule has 0 amide bonds. The zero-order chi connectivity index (χ0) is 14.6. The second kappa shape index (κ2) is 6.41. The summed E-state index contributed by atoms with van der Waals surface area (Å²) in [7, 11) is 0. The predicted octanol–water partition coefficient (Wildman–Crippen LogP) is 3.44. The molecule has 0 unspecified atom stereocenters. The molecule has 0 aliphatic rings. The molecule has 0 radical (unpaired) electrons. The van der Waals surface area contributed by atoms with Crippen molar-refractivity contribution in [2.45, 2.75) is 52.6 Å². The quantitative estimate of drug-likeness (QED) is 0.916. The van der Waals surface area contributed by atoms with Crippen molar-refractivity contribution in [1.29, 1.82) is 0 Å². The molecule has 1 N–H and O–H groups in total. The van der Waals surface area contributed by atoms with Gasteiger partial charge in [0.25, 0.3) is 0 Å². The molecule has 2 heterocycles. The van der Waals surface area contributed by atoms with Crippen molar-refractivity contribution in [3.8, 4) is 10.7 Å². The smallest absolute Gasteiger partial charge is 0.142 e. The van der Waals surface area contributed by atoms with Gasteiger partial charge in [-0.3, -0.25) is 0 Å². The average Bonchev–Trinajstić information content (AvgIpc) is 2.80. The number of hydrogen-bond donors (Lipinski definition) is 1. The van der Waals surface area contributed by atoms with Crippen LogP contribution in [0.5, 0.6) is 0 Å². The highest BCUT2D eigenvalue weighted by Crippen LogP contribution is 2.27. The van der Waals surface area contributed by atoms with Crippen LogP contribution < -0.4 is 5.32 Å². The first-order chi connectivity index (χ1) is 9.49. The Bertz CT molecular complexity index is 543. The van der Waals surface area contributed by atoms with E-state index in [9.17, 15) is 0 Å². The van der Waals surface area contributed by atoms with Crippen LogP contribution in [0.1, 0.15) is 44.7 Å². The summed E-state index contributed by atoms with van der Waals surface area (Å²) in [5.74, 6) is 0. The van der Waals surface area contributed by atoms with E-state index in [4.69, 9.17) is 4.98 Å². The fourth-order valence-corrected chi connectivity index (χ4v) is 2.85. The van der Waals surface area contributed by atoms with Crippen LogP contribution in [0, 0.1) is 0 Å². The summed E-state index contributed by atoms with van der Waals surface area (Å²) in [6.07, 6.45) is 5.46. The highest BCUT2D eigenvalue weighted by Gasteiger charge is 2.15. The van der Waals surface area contributed by atoms with Crippen LogP contribution in [0.4, 0.5) is 0 Å². The molecular weight excluding hydrogens is 268 g/mol. The van der Waals surface area contributed by atoms with Crippen LogP contribution in [0.2, 0.25) is 0 Å². The van der Waals surface area contributed by atoms with Crippen molar-refractivity contribution in [3.63, 3.8) is 0 Å². The lowest BCUT2D eigenvalue weighted by Crippen LogP contribution is -2.35. The molecule has 20 heavy (non-hydrogen) atoms. The summed E-state index contributed by atoms with van der Waals surface area (Å²) in [4.78, 5) is 14.3. The van der Waals surface area contributed by atoms with Gasteiger partial charge in [0, 0.05) is 23.2 Å². The van der Waals surface area contributed by atoms with Gasteiger partial charge in [-0.05, 0) is 33.3 Å². The number of rotatable bonds is 5. The minimum atomic E-state index is 0.114. The van der Waals surface area contributed by atoms with E-state index in [0.29, 0.717) is 0 Å². The lowest BCUT2D eigenvalue weighted by Gasteiger charge is -2.20. The SMILES string of the molecule is CCCc1nc(-c2ccncn2)sc1CNC(C)(C)C. The van der Waals surface area contributed by atoms with E-state index in [1.54, 1.807) is 23.9 Å². The van der Waals surface area contributed by atoms with Gasteiger partial charge in [0.1, 0.15) is 17.0 Å². The normalized spacial score (nSPS) is 11.8. The summed E-state index contributed by atoms with van der Waals surface area (Å²) < 4.78 is 0. The second-order valence-electron chi connectivity index (χ2n) is 5.84. The zero-order valence-corrected chi connectivity index (χ0v) is 13.4. The maximum absolute atomic E-state index is 4.76. The number of thiazole rings is 1. The van der Waals surface area contributed by atoms with E-state index < -0.39 is 0 Å². The topological polar surface area (TPSA) is 50.7 Å². The first-order valence-corrected chi connectivity index (χ1v) is 7.81. The van der Waals surface area contributed by atoms with Crippen LogP contribution in [-0.2, 0) is 13.0 Å². The Balaban J connectivity index is 2.24. The molecular formula is C15H22N4S. The molecule has 0 spiro atoms. The van der Waals surface area contributed by atoms with Gasteiger partial charge >= 0.3 is 0 Å². The van der Waals surface area contributed by atoms with E-state index >= 15 is 0 Å². The molecule has 4 nitrogen and oxygen atoms in total. The van der Waals surface area contributed by atoms with Gasteiger partial charge < -0.3 is 5.32 Å². The van der Waals surface area contributed by atoms with Crippen molar-refractivity contribution in [3.05, 3.63) is 29.2 Å². The fraction of sp³-hybridized carbons (Fsp3) is 0.533. The highest BCUT2D eigenvalue weighted by atomic mass is 32.1. The Morgan fingerprint density at radius 2 is 2.10 bits per heavy atom. The molecule has 5 heteroatoms. The summed E-state index contributed by atoms with van der Waals surface area (Å²) >= 11 is 1.73. The standard InChI is InChI=1S/C15H22N4S/c1-5-6-11-13(9-18-15(2,3)4)20-14(19-11)12-7-8-16-10-17-12/h7-8,10,18H,5-6,9H2,1-4H3. The average molecular weight is 290 g/mol. The van der Waals surface area contributed by atoms with Crippen molar-refractivity contribution in [1.82, 2.24) is 20.3 Å². The van der Waals surface area contributed by atoms with Crippen LogP contribution in [0.15, 0.2) is 18.6 Å². The van der Waals surface area contributed by atoms with Gasteiger partial charge in [0.05, 0.1) is 5.69 Å². The summed E-state index contributed by atoms with van der Waals surface area (Å²) in [5.41, 5.74) is 2.22. The number of hydrogen-bond acceptors (Lipinski definition) is 5.